The summed E-state index contributed by atoms with van der Waals surface area (Å²) in [7, 11) is 2.87. The molecule has 11 nitrogen and oxygen atoms in total. The fourth-order valence-corrected chi connectivity index (χ4v) is 4.63. The molecule has 0 aromatic heterocycles. The minimum absolute atomic E-state index is 0.220. The molecule has 0 atom stereocenters. The monoisotopic (exact) mass is 589 g/mol. The summed E-state index contributed by atoms with van der Waals surface area (Å²) in [6.07, 6.45) is 0.297. The van der Waals surface area contributed by atoms with Gasteiger partial charge in [0, 0.05) is 55.0 Å². The summed E-state index contributed by atoms with van der Waals surface area (Å²) in [5.41, 5.74) is 3.99. The first-order chi connectivity index (χ1) is 20.7. The van der Waals surface area contributed by atoms with Crippen LogP contribution in [-0.2, 0) is 4.74 Å². The smallest absolute Gasteiger partial charge is 0.407 e. The lowest BCUT2D eigenvalue weighted by molar-refractivity contribution is 0.0697. The molecule has 2 aliphatic rings. The second-order valence-corrected chi connectivity index (χ2v) is 9.18. The predicted octanol–water partition coefficient (Wildman–Crippen LogP) is 4.90. The van der Waals surface area contributed by atoms with Gasteiger partial charge >= 0.3 is 18.2 Å². The molecule has 0 saturated carbocycles. The first kappa shape index (κ1) is 32.2. The number of amides is 2. The van der Waals surface area contributed by atoms with E-state index in [2.05, 4.69) is 16.5 Å². The van der Waals surface area contributed by atoms with Crippen molar-refractivity contribution in [2.24, 2.45) is 0 Å². The number of alkyl carbamates (subject to hydrolysis) is 1. The number of hydrogen-bond donors (Lipinski definition) is 4. The van der Waals surface area contributed by atoms with Crippen molar-refractivity contribution in [3.63, 3.8) is 0 Å². The van der Waals surface area contributed by atoms with E-state index in [1.165, 1.54) is 14.1 Å². The predicted molar refractivity (Wildman–Crippen MR) is 167 cm³/mol. The topological polar surface area (TPSA) is 144 Å². The Morgan fingerprint density at radius 3 is 2.33 bits per heavy atom. The quantitative estimate of drug-likeness (QED) is 0.159. The molecule has 43 heavy (non-hydrogen) atoms. The van der Waals surface area contributed by atoms with Crippen LogP contribution in [-0.4, -0.2) is 68.7 Å². The summed E-state index contributed by atoms with van der Waals surface area (Å²) in [6, 6.07) is 18.8. The minimum Gasteiger partial charge on any atom is -0.478 e. The van der Waals surface area contributed by atoms with Gasteiger partial charge in [-0.15, -0.1) is 0 Å². The van der Waals surface area contributed by atoms with Gasteiger partial charge in [-0.05, 0) is 49.9 Å². The zero-order chi connectivity index (χ0) is 31.5. The Kier molecular flexibility index (Phi) is 11.3. The van der Waals surface area contributed by atoms with Gasteiger partial charge < -0.3 is 34.9 Å². The van der Waals surface area contributed by atoms with Crippen LogP contribution >= 0.6 is 0 Å². The van der Waals surface area contributed by atoms with E-state index in [0.717, 1.165) is 34.1 Å². The first-order valence-electron chi connectivity index (χ1n) is 13.7. The number of carbonyl (C=O) groups is 3. The highest BCUT2D eigenvalue weighted by atomic mass is 16.5. The number of carbonyl (C=O) groups excluding carboxylic acids is 1. The van der Waals surface area contributed by atoms with Gasteiger partial charge in [0.15, 0.2) is 13.2 Å². The molecule has 2 aromatic carbocycles. The van der Waals surface area contributed by atoms with Crippen molar-refractivity contribution < 1.29 is 33.8 Å². The molecule has 4 N–H and O–H groups in total. The Balaban J connectivity index is 0.000000934. The summed E-state index contributed by atoms with van der Waals surface area (Å²) in [5.74, 6) is -0.373. The van der Waals surface area contributed by atoms with Crippen molar-refractivity contribution in [3.8, 4) is 22.5 Å². The molecule has 0 bridgehead atoms. The van der Waals surface area contributed by atoms with Crippen molar-refractivity contribution in [1.82, 2.24) is 15.2 Å². The maximum atomic E-state index is 12.2. The first-order valence-corrected chi connectivity index (χ1v) is 13.7. The Hall–Kier alpha value is -5.32. The largest absolute Gasteiger partial charge is 0.478 e. The van der Waals surface area contributed by atoms with E-state index in [1.807, 2.05) is 72.6 Å². The number of nitrogens with one attached hydrogen (secondary N) is 2. The van der Waals surface area contributed by atoms with Gasteiger partial charge in [-0.3, -0.25) is 0 Å². The Morgan fingerprint density at radius 2 is 1.72 bits per heavy atom. The van der Waals surface area contributed by atoms with Gasteiger partial charge in [0.25, 0.3) is 0 Å². The molecule has 2 amide bonds. The third-order valence-electron chi connectivity index (χ3n) is 6.77. The van der Waals surface area contributed by atoms with E-state index in [1.54, 1.807) is 18.3 Å². The third kappa shape index (κ3) is 7.70. The lowest BCUT2D eigenvalue weighted by Crippen LogP contribution is -2.34. The van der Waals surface area contributed by atoms with Gasteiger partial charge in [0.1, 0.15) is 17.9 Å². The van der Waals surface area contributed by atoms with Gasteiger partial charge in [0.2, 0.25) is 5.36 Å². The van der Waals surface area contributed by atoms with Gasteiger partial charge in [0.05, 0.1) is 11.6 Å². The molecule has 0 saturated heterocycles. The molecule has 4 rings (SSSR count). The average Bonchev–Trinajstić information content (AvgIpc) is 3.02. The Bertz CT molecular complexity index is 1660. The molecule has 11 heteroatoms. The number of rotatable bonds is 9. The standard InChI is InChI=1S/C30H31N3O5.C2H5NO2/c1-5-32(6-2)20-12-14-24-26(18-20)38-27-19-21(33(7-3)16-17-37-30(36)31-4)13-15-25(27)28(24)22-10-8-9-11-23(22)29(34)35;1-3-2(4)5/h5,8-15,18-19H,1,6-7,16-17H2,2-4H3,(H-,31,34,35,36);3H,1H3,(H,4,5)/p+1. The fourth-order valence-electron chi connectivity index (χ4n) is 4.63. The molecular formula is C32H37N4O7+. The highest BCUT2D eigenvalue weighted by Crippen LogP contribution is 2.42. The molecular weight excluding hydrogens is 552 g/mol. The highest BCUT2D eigenvalue weighted by Gasteiger charge is 2.22. The molecule has 1 heterocycles. The van der Waals surface area contributed by atoms with Crippen LogP contribution in [0, 0.1) is 0 Å². The molecule has 1 aliphatic heterocycles. The van der Waals surface area contributed by atoms with Crippen molar-refractivity contribution >= 4 is 34.8 Å². The lowest BCUT2D eigenvalue weighted by atomic mass is 9.90. The summed E-state index contributed by atoms with van der Waals surface area (Å²) < 4.78 is 13.7. The summed E-state index contributed by atoms with van der Waals surface area (Å²) in [6.45, 7) is 10.1. The highest BCUT2D eigenvalue weighted by molar-refractivity contribution is 6.07. The second kappa shape index (κ2) is 15.1. The maximum absolute atomic E-state index is 12.2. The molecule has 1 aliphatic carbocycles. The number of nitrogens with zero attached hydrogens (tertiary/aromatic N) is 2. The van der Waals surface area contributed by atoms with Gasteiger partial charge in [-0.1, -0.05) is 24.8 Å². The van der Waals surface area contributed by atoms with Crippen LogP contribution < -0.4 is 25.5 Å². The van der Waals surface area contributed by atoms with Crippen molar-refractivity contribution in [3.05, 3.63) is 84.4 Å². The maximum Gasteiger partial charge on any atom is 0.407 e. The van der Waals surface area contributed by atoms with Crippen molar-refractivity contribution in [2.75, 3.05) is 45.2 Å². The molecule has 0 fully saturated rings. The molecule has 0 spiro atoms. The molecule has 0 unspecified atom stereocenters. The summed E-state index contributed by atoms with van der Waals surface area (Å²) in [4.78, 5) is 34.9. The number of hydrogen-bond acceptors (Lipinski definition) is 6. The third-order valence-corrected chi connectivity index (χ3v) is 6.77. The van der Waals surface area contributed by atoms with Crippen molar-refractivity contribution in [1.29, 1.82) is 0 Å². The van der Waals surface area contributed by atoms with E-state index in [0.29, 0.717) is 30.0 Å². The number of likely N-dealkylation sites (N-methyl/N-ethyl adjacent to an activating group) is 1. The van der Waals surface area contributed by atoms with E-state index in [-0.39, 0.29) is 12.2 Å². The van der Waals surface area contributed by atoms with Crippen LogP contribution in [0.4, 0.5) is 15.3 Å². The second-order valence-electron chi connectivity index (χ2n) is 9.18. The fraction of sp³-hybridized carbons (Fsp3) is 0.250. The minimum atomic E-state index is -0.995. The number of anilines is 1. The van der Waals surface area contributed by atoms with E-state index in [4.69, 9.17) is 14.3 Å². The number of benzene rings is 3. The number of fused-ring (bicyclic) bond motifs is 2. The molecule has 0 radical (unpaired) electrons. The van der Waals surface area contributed by atoms with E-state index < -0.39 is 18.2 Å². The van der Waals surface area contributed by atoms with Crippen LogP contribution in [0.25, 0.3) is 33.4 Å². The van der Waals surface area contributed by atoms with Crippen molar-refractivity contribution in [2.45, 2.75) is 13.8 Å². The average molecular weight is 590 g/mol. The van der Waals surface area contributed by atoms with Gasteiger partial charge in [-0.25, -0.2) is 19.0 Å². The number of carboxylic acids is 1. The zero-order valence-corrected chi connectivity index (χ0v) is 24.7. The van der Waals surface area contributed by atoms with E-state index >= 15 is 0 Å². The van der Waals surface area contributed by atoms with Gasteiger partial charge in [-0.2, -0.15) is 0 Å². The number of ether oxygens (including phenoxy) is 1. The summed E-state index contributed by atoms with van der Waals surface area (Å²) >= 11 is 0. The molecule has 226 valence electrons. The van der Waals surface area contributed by atoms with Crippen LogP contribution in [0.15, 0.2) is 77.9 Å². The summed E-state index contributed by atoms with van der Waals surface area (Å²) in [5, 5.41) is 23.7. The normalized spacial score (nSPS) is 11.2. The zero-order valence-electron chi connectivity index (χ0n) is 24.7. The number of carboxylic acid groups (broad SMARTS) is 2. The van der Waals surface area contributed by atoms with Crippen LogP contribution in [0.3, 0.4) is 0 Å². The van der Waals surface area contributed by atoms with Crippen LogP contribution in [0.1, 0.15) is 24.2 Å². The Labute approximate surface area is 249 Å². The molecule has 2 aromatic rings. The van der Waals surface area contributed by atoms with Crippen LogP contribution in [0.5, 0.6) is 0 Å². The lowest BCUT2D eigenvalue weighted by Gasteiger charge is -2.20. The Morgan fingerprint density at radius 1 is 1.00 bits per heavy atom. The number of aromatic carboxylic acids is 1. The SMILES string of the molecule is C=CN(CC)c1ccc2c(-c3ccccc3C(=O)O)c3ccc(=[N+](CC)CCOC(=O)NC)cc-3oc2c1.CNC(=O)O. The van der Waals surface area contributed by atoms with E-state index in [9.17, 15) is 19.5 Å². The van der Waals surface area contributed by atoms with Crippen LogP contribution in [0.2, 0.25) is 0 Å².